The molecule has 0 aliphatic rings. The van der Waals surface area contributed by atoms with E-state index in [1.165, 1.54) is 0 Å². The third-order valence-electron chi connectivity index (χ3n) is 4.21. The number of aromatic nitrogens is 1. The molecule has 2 aromatic carbocycles. The lowest BCUT2D eigenvalue weighted by Crippen LogP contribution is -2.29. The molecule has 0 aliphatic heterocycles. The van der Waals surface area contributed by atoms with E-state index in [2.05, 4.69) is 15.6 Å². The zero-order chi connectivity index (χ0) is 21.2. The third-order valence-corrected chi connectivity index (χ3v) is 4.21. The second kappa shape index (κ2) is 7.94. The zero-order valence-corrected chi connectivity index (χ0v) is 15.5. The Bertz CT molecular complexity index is 1020. The van der Waals surface area contributed by atoms with Crippen LogP contribution >= 0.6 is 0 Å². The quantitative estimate of drug-likeness (QED) is 0.566. The average Bonchev–Trinajstić information content (AvgIpc) is 2.99. The summed E-state index contributed by atoms with van der Waals surface area (Å²) in [5.41, 5.74) is 0.416. The highest BCUT2D eigenvalue weighted by molar-refractivity contribution is 5.89. The molecule has 1 heterocycles. The predicted octanol–water partition coefficient (Wildman–Crippen LogP) is 5.44. The van der Waals surface area contributed by atoms with Crippen LogP contribution in [-0.4, -0.2) is 11.0 Å². The molecule has 0 unspecified atom stereocenters. The molecule has 2 N–H and O–H groups in total. The number of benzene rings is 2. The van der Waals surface area contributed by atoms with E-state index in [4.69, 9.17) is 4.42 Å². The molecule has 5 nitrogen and oxygen atoms in total. The van der Waals surface area contributed by atoms with Crippen molar-refractivity contribution in [3.05, 3.63) is 70.9 Å². The van der Waals surface area contributed by atoms with Crippen molar-refractivity contribution in [3.8, 4) is 11.5 Å². The summed E-state index contributed by atoms with van der Waals surface area (Å²) in [6, 6.07) is 8.27. The van der Waals surface area contributed by atoms with Crippen LogP contribution in [0.1, 0.15) is 22.6 Å². The maximum atomic E-state index is 13.2. The fraction of sp³-hybridized carbons (Fsp3) is 0.200. The van der Waals surface area contributed by atoms with Crippen LogP contribution in [0.5, 0.6) is 0 Å². The molecule has 2 amide bonds. The largest absolute Gasteiger partial charge is 0.441 e. The molecule has 3 rings (SSSR count). The monoisotopic (exact) mass is 407 g/mol. The van der Waals surface area contributed by atoms with Gasteiger partial charge in [-0.05, 0) is 49.7 Å². The highest BCUT2D eigenvalue weighted by Crippen LogP contribution is 2.32. The average molecular weight is 407 g/mol. The summed E-state index contributed by atoms with van der Waals surface area (Å²) in [6.45, 7) is 3.17. The summed E-state index contributed by atoms with van der Waals surface area (Å²) in [7, 11) is 0. The number of aryl methyl sites for hydroxylation is 2. The summed E-state index contributed by atoms with van der Waals surface area (Å²) in [6.07, 6.45) is -4.73. The fourth-order valence-corrected chi connectivity index (χ4v) is 2.64. The van der Waals surface area contributed by atoms with Gasteiger partial charge in [-0.15, -0.1) is 0 Å². The predicted molar refractivity (Wildman–Crippen MR) is 98.7 cm³/mol. The van der Waals surface area contributed by atoms with Gasteiger partial charge in [0, 0.05) is 17.8 Å². The normalized spacial score (nSPS) is 11.4. The molecule has 29 heavy (non-hydrogen) atoms. The topological polar surface area (TPSA) is 67.2 Å². The van der Waals surface area contributed by atoms with Crippen LogP contribution in [0.2, 0.25) is 0 Å². The first-order valence-electron chi connectivity index (χ1n) is 8.58. The number of hydrogen-bond acceptors (Lipinski definition) is 3. The Kier molecular flexibility index (Phi) is 5.58. The summed E-state index contributed by atoms with van der Waals surface area (Å²) >= 11 is 0. The second-order valence-corrected chi connectivity index (χ2v) is 6.35. The van der Waals surface area contributed by atoms with Gasteiger partial charge in [0.2, 0.25) is 5.89 Å². The van der Waals surface area contributed by atoms with Crippen LogP contribution in [0.3, 0.4) is 0 Å². The van der Waals surface area contributed by atoms with Gasteiger partial charge in [0.05, 0.1) is 11.3 Å². The number of alkyl halides is 3. The van der Waals surface area contributed by atoms with Crippen molar-refractivity contribution in [2.45, 2.75) is 26.6 Å². The van der Waals surface area contributed by atoms with Crippen molar-refractivity contribution < 1.29 is 26.8 Å². The van der Waals surface area contributed by atoms with E-state index in [1.54, 1.807) is 31.2 Å². The van der Waals surface area contributed by atoms with E-state index in [-0.39, 0.29) is 5.56 Å². The lowest BCUT2D eigenvalue weighted by molar-refractivity contribution is -0.138. The SMILES string of the molecule is Cc1nc(-c2cccc(NC(=O)NCc3ccc(F)cc3C(F)(F)F)c2)oc1C. The van der Waals surface area contributed by atoms with Gasteiger partial charge < -0.3 is 15.1 Å². The minimum Gasteiger partial charge on any atom is -0.441 e. The van der Waals surface area contributed by atoms with Crippen molar-refractivity contribution in [1.82, 2.24) is 10.3 Å². The molecule has 9 heteroatoms. The number of anilines is 1. The Hall–Kier alpha value is -3.36. The van der Waals surface area contributed by atoms with Crippen LogP contribution in [0.4, 0.5) is 28.0 Å². The number of nitrogens with one attached hydrogen (secondary N) is 2. The van der Waals surface area contributed by atoms with Gasteiger partial charge in [-0.3, -0.25) is 0 Å². The molecule has 0 radical (unpaired) electrons. The maximum absolute atomic E-state index is 13.2. The Balaban J connectivity index is 1.69. The highest BCUT2D eigenvalue weighted by Gasteiger charge is 2.33. The maximum Gasteiger partial charge on any atom is 0.416 e. The Labute approximate surface area is 163 Å². The number of amides is 2. The molecular weight excluding hydrogens is 390 g/mol. The number of carbonyl (C=O) groups excluding carboxylic acids is 1. The zero-order valence-electron chi connectivity index (χ0n) is 15.5. The van der Waals surface area contributed by atoms with Crippen molar-refractivity contribution in [2.24, 2.45) is 0 Å². The van der Waals surface area contributed by atoms with Crippen LogP contribution in [0.25, 0.3) is 11.5 Å². The number of carbonyl (C=O) groups is 1. The van der Waals surface area contributed by atoms with Gasteiger partial charge in [-0.1, -0.05) is 12.1 Å². The summed E-state index contributed by atoms with van der Waals surface area (Å²) in [5, 5.41) is 4.88. The molecule has 152 valence electrons. The minimum atomic E-state index is -4.73. The molecular formula is C20H17F4N3O2. The van der Waals surface area contributed by atoms with Crippen LogP contribution in [0, 0.1) is 19.7 Å². The second-order valence-electron chi connectivity index (χ2n) is 6.35. The standard InChI is InChI=1S/C20H17F4N3O2/c1-11-12(2)29-18(26-11)13-4-3-5-16(8-13)27-19(28)25-10-14-6-7-15(21)9-17(14)20(22,23)24/h3-9H,10H2,1-2H3,(H2,25,27,28). The number of nitrogens with zero attached hydrogens (tertiary/aromatic N) is 1. The van der Waals surface area contributed by atoms with E-state index in [0.29, 0.717) is 29.0 Å². The van der Waals surface area contributed by atoms with Gasteiger partial charge >= 0.3 is 12.2 Å². The lowest BCUT2D eigenvalue weighted by atomic mass is 10.1. The van der Waals surface area contributed by atoms with Gasteiger partial charge in [-0.25, -0.2) is 14.2 Å². The fourth-order valence-electron chi connectivity index (χ4n) is 2.64. The molecule has 0 spiro atoms. The molecule has 1 aromatic heterocycles. The minimum absolute atomic E-state index is 0.242. The molecule has 0 atom stereocenters. The van der Waals surface area contributed by atoms with Crippen LogP contribution in [0.15, 0.2) is 46.9 Å². The number of rotatable bonds is 4. The Morgan fingerprint density at radius 3 is 2.55 bits per heavy atom. The molecule has 0 aliphatic carbocycles. The summed E-state index contributed by atoms with van der Waals surface area (Å²) in [4.78, 5) is 16.4. The Morgan fingerprint density at radius 2 is 1.90 bits per heavy atom. The number of urea groups is 1. The van der Waals surface area contributed by atoms with Crippen molar-refractivity contribution in [2.75, 3.05) is 5.32 Å². The van der Waals surface area contributed by atoms with Gasteiger partial charge in [0.15, 0.2) is 0 Å². The molecule has 3 aromatic rings. The van der Waals surface area contributed by atoms with E-state index in [0.717, 1.165) is 17.8 Å². The first-order valence-corrected chi connectivity index (χ1v) is 8.58. The van der Waals surface area contributed by atoms with E-state index in [1.807, 2.05) is 6.92 Å². The van der Waals surface area contributed by atoms with E-state index >= 15 is 0 Å². The van der Waals surface area contributed by atoms with Gasteiger partial charge in [-0.2, -0.15) is 13.2 Å². The number of hydrogen-bond donors (Lipinski definition) is 2. The number of halogens is 4. The smallest absolute Gasteiger partial charge is 0.416 e. The molecule has 0 bridgehead atoms. The highest BCUT2D eigenvalue weighted by atomic mass is 19.4. The van der Waals surface area contributed by atoms with Gasteiger partial charge in [0.25, 0.3) is 0 Å². The summed E-state index contributed by atoms with van der Waals surface area (Å²) < 4.78 is 57.8. The Morgan fingerprint density at radius 1 is 1.14 bits per heavy atom. The first kappa shape index (κ1) is 20.4. The van der Waals surface area contributed by atoms with Crippen molar-refractivity contribution in [1.29, 1.82) is 0 Å². The lowest BCUT2D eigenvalue weighted by Gasteiger charge is -2.14. The van der Waals surface area contributed by atoms with E-state index in [9.17, 15) is 22.4 Å². The van der Waals surface area contributed by atoms with Crippen molar-refractivity contribution in [3.63, 3.8) is 0 Å². The summed E-state index contributed by atoms with van der Waals surface area (Å²) in [5.74, 6) is 0.0698. The van der Waals surface area contributed by atoms with Gasteiger partial charge in [0.1, 0.15) is 11.6 Å². The van der Waals surface area contributed by atoms with E-state index < -0.39 is 30.1 Å². The molecule has 0 fully saturated rings. The third kappa shape index (κ3) is 4.92. The molecule has 0 saturated heterocycles. The van der Waals surface area contributed by atoms with Crippen LogP contribution in [-0.2, 0) is 12.7 Å². The first-order chi connectivity index (χ1) is 13.6. The van der Waals surface area contributed by atoms with Crippen molar-refractivity contribution >= 4 is 11.7 Å². The number of oxazole rings is 1. The van der Waals surface area contributed by atoms with Crippen LogP contribution < -0.4 is 10.6 Å². The molecule has 0 saturated carbocycles.